The maximum absolute atomic E-state index is 13.3. The van der Waals surface area contributed by atoms with Crippen molar-refractivity contribution in [3.8, 4) is 0 Å². The molecule has 1 aromatic carbocycles. The van der Waals surface area contributed by atoms with Crippen LogP contribution in [0.2, 0.25) is 0 Å². The lowest BCUT2D eigenvalue weighted by Gasteiger charge is -2.08. The van der Waals surface area contributed by atoms with Gasteiger partial charge in [0.2, 0.25) is 5.95 Å². The van der Waals surface area contributed by atoms with Gasteiger partial charge in [-0.2, -0.15) is 0 Å². The van der Waals surface area contributed by atoms with Crippen LogP contribution in [-0.4, -0.2) is 15.0 Å². The van der Waals surface area contributed by atoms with Gasteiger partial charge in [-0.05, 0) is 43.7 Å². The molecule has 0 saturated carbocycles. The van der Waals surface area contributed by atoms with Gasteiger partial charge in [-0.25, -0.2) is 14.4 Å². The van der Waals surface area contributed by atoms with Crippen molar-refractivity contribution in [3.05, 3.63) is 47.0 Å². The van der Waals surface area contributed by atoms with Crippen LogP contribution in [0.5, 0.6) is 0 Å². The van der Waals surface area contributed by atoms with Gasteiger partial charge in [0.1, 0.15) is 16.5 Å². The molecule has 4 nitrogen and oxygen atoms in total. The van der Waals surface area contributed by atoms with E-state index < -0.39 is 0 Å². The van der Waals surface area contributed by atoms with Gasteiger partial charge in [0.15, 0.2) is 0 Å². The van der Waals surface area contributed by atoms with Crippen LogP contribution in [0.15, 0.2) is 24.3 Å². The first-order valence-corrected chi connectivity index (χ1v) is 6.04. The molecule has 98 valence electrons. The summed E-state index contributed by atoms with van der Waals surface area (Å²) in [4.78, 5) is 8.59. The second-order valence-electron chi connectivity index (χ2n) is 4.22. The van der Waals surface area contributed by atoms with Crippen LogP contribution in [-0.2, 0) is 0 Å². The number of nitrogens with two attached hydrogens (primary N) is 1. The SMILES string of the molecule is Cc1cc(F)cc(Nc2nc(C)cc(C(N)=S)n2)c1. The molecule has 0 saturated heterocycles. The fourth-order valence-corrected chi connectivity index (χ4v) is 1.79. The highest BCUT2D eigenvalue weighted by atomic mass is 32.1. The van der Waals surface area contributed by atoms with E-state index in [-0.39, 0.29) is 10.8 Å². The van der Waals surface area contributed by atoms with E-state index in [0.29, 0.717) is 17.3 Å². The molecule has 0 spiro atoms. The normalized spacial score (nSPS) is 10.3. The molecule has 0 amide bonds. The third-order valence-electron chi connectivity index (χ3n) is 2.40. The highest BCUT2D eigenvalue weighted by molar-refractivity contribution is 7.80. The number of aryl methyl sites for hydroxylation is 2. The average Bonchev–Trinajstić information content (AvgIpc) is 2.26. The number of hydrogen-bond donors (Lipinski definition) is 2. The van der Waals surface area contributed by atoms with Gasteiger partial charge in [0.05, 0.1) is 0 Å². The highest BCUT2D eigenvalue weighted by Crippen LogP contribution is 2.17. The van der Waals surface area contributed by atoms with E-state index in [9.17, 15) is 4.39 Å². The van der Waals surface area contributed by atoms with Crippen LogP contribution in [0.25, 0.3) is 0 Å². The fraction of sp³-hybridized carbons (Fsp3) is 0.154. The number of thiocarbonyl (C=S) groups is 1. The topological polar surface area (TPSA) is 63.8 Å². The predicted molar refractivity (Wildman–Crippen MR) is 77.1 cm³/mol. The zero-order valence-electron chi connectivity index (χ0n) is 10.6. The molecule has 1 heterocycles. The largest absolute Gasteiger partial charge is 0.388 e. The van der Waals surface area contributed by atoms with E-state index in [1.807, 2.05) is 13.8 Å². The Morgan fingerprint density at radius 2 is 1.95 bits per heavy atom. The van der Waals surface area contributed by atoms with Crippen molar-refractivity contribution in [3.63, 3.8) is 0 Å². The van der Waals surface area contributed by atoms with Crippen molar-refractivity contribution in [1.82, 2.24) is 9.97 Å². The molecule has 1 aromatic heterocycles. The summed E-state index contributed by atoms with van der Waals surface area (Å²) >= 11 is 4.89. The summed E-state index contributed by atoms with van der Waals surface area (Å²) in [6.07, 6.45) is 0. The Labute approximate surface area is 115 Å². The minimum atomic E-state index is -0.315. The summed E-state index contributed by atoms with van der Waals surface area (Å²) in [6.45, 7) is 3.62. The van der Waals surface area contributed by atoms with E-state index >= 15 is 0 Å². The predicted octanol–water partition coefficient (Wildman–Crippen LogP) is 2.61. The molecule has 0 radical (unpaired) electrons. The second kappa shape index (κ2) is 5.27. The summed E-state index contributed by atoms with van der Waals surface area (Å²) in [6, 6.07) is 6.32. The molecule has 0 unspecified atom stereocenters. The Morgan fingerprint density at radius 3 is 2.58 bits per heavy atom. The smallest absolute Gasteiger partial charge is 0.228 e. The van der Waals surface area contributed by atoms with Crippen LogP contribution in [0.4, 0.5) is 16.0 Å². The van der Waals surface area contributed by atoms with Crippen LogP contribution >= 0.6 is 12.2 Å². The lowest BCUT2D eigenvalue weighted by Crippen LogP contribution is -2.13. The van der Waals surface area contributed by atoms with E-state index in [1.165, 1.54) is 12.1 Å². The molecule has 0 aliphatic rings. The molecule has 0 atom stereocenters. The monoisotopic (exact) mass is 276 g/mol. The third-order valence-corrected chi connectivity index (χ3v) is 2.61. The Bertz CT molecular complexity index is 622. The van der Waals surface area contributed by atoms with E-state index in [0.717, 1.165) is 11.3 Å². The van der Waals surface area contributed by atoms with Gasteiger partial charge >= 0.3 is 0 Å². The third kappa shape index (κ3) is 3.45. The molecule has 0 aliphatic heterocycles. The number of nitrogens with zero attached hydrogens (tertiary/aromatic N) is 2. The van der Waals surface area contributed by atoms with Crippen molar-refractivity contribution in [2.24, 2.45) is 5.73 Å². The number of hydrogen-bond acceptors (Lipinski definition) is 4. The summed E-state index contributed by atoms with van der Waals surface area (Å²) < 4.78 is 13.3. The Kier molecular flexibility index (Phi) is 3.71. The van der Waals surface area contributed by atoms with Gasteiger partial charge in [-0.15, -0.1) is 0 Å². The molecule has 3 N–H and O–H groups in total. The Balaban J connectivity index is 2.35. The summed E-state index contributed by atoms with van der Waals surface area (Å²) in [5.41, 5.74) is 8.15. The lowest BCUT2D eigenvalue weighted by atomic mass is 10.2. The Hall–Kier alpha value is -2.08. The second-order valence-corrected chi connectivity index (χ2v) is 4.66. The lowest BCUT2D eigenvalue weighted by molar-refractivity contribution is 0.627. The maximum Gasteiger partial charge on any atom is 0.228 e. The van der Waals surface area contributed by atoms with Crippen LogP contribution in [0.3, 0.4) is 0 Å². The van der Waals surface area contributed by atoms with Crippen LogP contribution < -0.4 is 11.1 Å². The van der Waals surface area contributed by atoms with Crippen molar-refractivity contribution < 1.29 is 4.39 Å². The number of halogens is 1. The molecule has 0 bridgehead atoms. The first-order valence-electron chi connectivity index (χ1n) is 5.64. The molecule has 2 aromatic rings. The van der Waals surface area contributed by atoms with E-state index in [1.54, 1.807) is 12.1 Å². The number of aromatic nitrogens is 2. The summed E-state index contributed by atoms with van der Waals surface area (Å²) in [5, 5.41) is 2.94. The van der Waals surface area contributed by atoms with Crippen LogP contribution in [0.1, 0.15) is 17.0 Å². The number of rotatable bonds is 3. The molecule has 19 heavy (non-hydrogen) atoms. The summed E-state index contributed by atoms with van der Waals surface area (Å²) in [7, 11) is 0. The zero-order chi connectivity index (χ0) is 14.0. The number of benzene rings is 1. The van der Waals surface area contributed by atoms with Gasteiger partial charge in [-0.1, -0.05) is 12.2 Å². The Morgan fingerprint density at radius 1 is 1.21 bits per heavy atom. The number of nitrogens with one attached hydrogen (secondary N) is 1. The van der Waals surface area contributed by atoms with Gasteiger partial charge in [0, 0.05) is 11.4 Å². The van der Waals surface area contributed by atoms with Gasteiger partial charge < -0.3 is 11.1 Å². The molecule has 0 fully saturated rings. The highest BCUT2D eigenvalue weighted by Gasteiger charge is 2.06. The summed E-state index contributed by atoms with van der Waals surface area (Å²) in [5.74, 6) is 0.0255. The maximum atomic E-state index is 13.3. The van der Waals surface area contributed by atoms with E-state index in [2.05, 4.69) is 15.3 Å². The first-order chi connectivity index (χ1) is 8.94. The zero-order valence-corrected chi connectivity index (χ0v) is 11.4. The minimum absolute atomic E-state index is 0.198. The van der Waals surface area contributed by atoms with Gasteiger partial charge in [-0.3, -0.25) is 0 Å². The van der Waals surface area contributed by atoms with Crippen molar-refractivity contribution in [1.29, 1.82) is 0 Å². The average molecular weight is 276 g/mol. The van der Waals surface area contributed by atoms with Crippen molar-refractivity contribution in [2.75, 3.05) is 5.32 Å². The van der Waals surface area contributed by atoms with Crippen molar-refractivity contribution in [2.45, 2.75) is 13.8 Å². The fourth-order valence-electron chi connectivity index (χ4n) is 1.69. The van der Waals surface area contributed by atoms with Crippen molar-refractivity contribution >= 4 is 28.8 Å². The molecular formula is C13H13FN4S. The molecule has 2 rings (SSSR count). The van der Waals surface area contributed by atoms with E-state index in [4.69, 9.17) is 18.0 Å². The molecule has 0 aliphatic carbocycles. The quantitative estimate of drug-likeness (QED) is 0.844. The molecular weight excluding hydrogens is 263 g/mol. The first kappa shape index (κ1) is 13.4. The van der Waals surface area contributed by atoms with Crippen LogP contribution in [0, 0.1) is 19.7 Å². The number of anilines is 2. The standard InChI is InChI=1S/C13H13FN4S/c1-7-3-9(14)6-10(4-7)17-13-16-8(2)5-11(18-13)12(15)19/h3-6H,1-2H3,(H2,15,19)(H,16,17,18). The van der Waals surface area contributed by atoms with Gasteiger partial charge in [0.25, 0.3) is 0 Å². The minimum Gasteiger partial charge on any atom is -0.388 e. The molecule has 6 heteroatoms.